The molecular formula is C55H92N2O6P+. The Labute approximate surface area is 392 Å². The fourth-order valence-electron chi connectivity index (χ4n) is 6.09. The van der Waals surface area contributed by atoms with E-state index in [1.54, 1.807) is 6.08 Å². The van der Waals surface area contributed by atoms with Gasteiger partial charge in [-0.2, -0.15) is 0 Å². The third-order valence-corrected chi connectivity index (χ3v) is 10.9. The van der Waals surface area contributed by atoms with Crippen molar-refractivity contribution in [3.05, 3.63) is 134 Å². The monoisotopic (exact) mass is 908 g/mol. The van der Waals surface area contributed by atoms with E-state index >= 15 is 0 Å². The number of hydrogen-bond donors (Lipinski definition) is 3. The van der Waals surface area contributed by atoms with Crippen LogP contribution in [-0.4, -0.2) is 73.4 Å². The molecule has 3 atom stereocenters. The van der Waals surface area contributed by atoms with E-state index in [0.29, 0.717) is 17.4 Å². The molecule has 8 nitrogen and oxygen atoms in total. The van der Waals surface area contributed by atoms with Crippen molar-refractivity contribution in [2.75, 3.05) is 40.9 Å². The van der Waals surface area contributed by atoms with Crippen LogP contribution in [0.2, 0.25) is 0 Å². The second-order valence-corrected chi connectivity index (χ2v) is 18.5. The van der Waals surface area contributed by atoms with Crippen LogP contribution >= 0.6 is 7.82 Å². The third kappa shape index (κ3) is 46.6. The topological polar surface area (TPSA) is 105 Å². The molecule has 362 valence electrons. The van der Waals surface area contributed by atoms with E-state index in [-0.39, 0.29) is 19.1 Å². The average Bonchev–Trinajstić information content (AvgIpc) is 3.25. The lowest BCUT2D eigenvalue weighted by Crippen LogP contribution is -2.45. The van der Waals surface area contributed by atoms with Crippen LogP contribution in [0.1, 0.15) is 155 Å². The molecule has 0 aliphatic heterocycles. The number of unbranched alkanes of at least 4 members (excludes halogenated alkanes) is 10. The van der Waals surface area contributed by atoms with E-state index in [0.717, 1.165) is 109 Å². The van der Waals surface area contributed by atoms with Gasteiger partial charge in [-0.25, -0.2) is 4.57 Å². The minimum atomic E-state index is -4.36. The van der Waals surface area contributed by atoms with E-state index in [2.05, 4.69) is 128 Å². The summed E-state index contributed by atoms with van der Waals surface area (Å²) >= 11 is 0. The summed E-state index contributed by atoms with van der Waals surface area (Å²) in [5.74, 6) is -0.211. The molecule has 3 unspecified atom stereocenters. The first-order valence-corrected chi connectivity index (χ1v) is 26.0. The number of carbonyl (C=O) groups is 1. The molecular weight excluding hydrogens is 816 g/mol. The molecule has 1 amide bonds. The van der Waals surface area contributed by atoms with Crippen molar-refractivity contribution in [2.24, 2.45) is 0 Å². The lowest BCUT2D eigenvalue weighted by Gasteiger charge is -2.25. The largest absolute Gasteiger partial charge is 0.472 e. The third-order valence-electron chi connectivity index (χ3n) is 9.93. The Morgan fingerprint density at radius 1 is 0.562 bits per heavy atom. The molecule has 0 fully saturated rings. The number of nitrogens with one attached hydrogen (secondary N) is 1. The Balaban J connectivity index is 4.17. The van der Waals surface area contributed by atoms with E-state index in [1.807, 2.05) is 40.2 Å². The molecule has 0 saturated carbocycles. The summed E-state index contributed by atoms with van der Waals surface area (Å²) in [6.45, 7) is 4.39. The molecule has 0 aromatic heterocycles. The summed E-state index contributed by atoms with van der Waals surface area (Å²) in [5, 5.41) is 13.7. The Hall–Kier alpha value is -3.36. The number of aliphatic hydroxyl groups is 1. The summed E-state index contributed by atoms with van der Waals surface area (Å²) in [7, 11) is 1.51. The smallest absolute Gasteiger partial charge is 0.387 e. The molecule has 0 aromatic carbocycles. The molecule has 0 aliphatic rings. The highest BCUT2D eigenvalue weighted by Gasteiger charge is 2.27. The van der Waals surface area contributed by atoms with Gasteiger partial charge in [0.1, 0.15) is 13.2 Å². The van der Waals surface area contributed by atoms with Gasteiger partial charge in [0.2, 0.25) is 5.91 Å². The fraction of sp³-hybridized carbons (Fsp3) is 0.582. The zero-order chi connectivity index (χ0) is 47.1. The van der Waals surface area contributed by atoms with Gasteiger partial charge < -0.3 is 19.8 Å². The molecule has 9 heteroatoms. The summed E-state index contributed by atoms with van der Waals surface area (Å²) in [4.78, 5) is 23.1. The SMILES string of the molecule is C/C=C/CC/C=C/CC/C=C/C(O)C(COP(=O)(O)OCC[N+](C)(C)C)NC(=O)CCCCCCCCCC/C=C\C/C=C\C/C=C\C/C=C\C/C=C\C/C=C\C/C=C\C/C=C\CC. The number of aliphatic hydroxyl groups excluding tert-OH is 1. The zero-order valence-corrected chi connectivity index (χ0v) is 41.9. The van der Waals surface area contributed by atoms with Gasteiger partial charge in [-0.1, -0.05) is 179 Å². The van der Waals surface area contributed by atoms with Crippen LogP contribution in [0.5, 0.6) is 0 Å². The number of phosphoric ester groups is 1. The highest BCUT2D eigenvalue weighted by Crippen LogP contribution is 2.43. The number of phosphoric acid groups is 1. The van der Waals surface area contributed by atoms with Gasteiger partial charge in [0.15, 0.2) is 0 Å². The van der Waals surface area contributed by atoms with Crippen LogP contribution in [0.15, 0.2) is 134 Å². The normalized spacial score (nSPS) is 15.3. The highest BCUT2D eigenvalue weighted by molar-refractivity contribution is 7.47. The van der Waals surface area contributed by atoms with Gasteiger partial charge in [-0.15, -0.1) is 0 Å². The molecule has 0 saturated heterocycles. The molecule has 0 spiro atoms. The minimum absolute atomic E-state index is 0.0437. The number of hydrogen-bond acceptors (Lipinski definition) is 5. The number of amides is 1. The molecule has 0 aromatic rings. The first-order valence-electron chi connectivity index (χ1n) is 24.5. The van der Waals surface area contributed by atoms with Crippen LogP contribution in [-0.2, 0) is 18.4 Å². The van der Waals surface area contributed by atoms with Crippen molar-refractivity contribution in [1.29, 1.82) is 0 Å². The number of allylic oxidation sites excluding steroid dienone is 21. The number of rotatable bonds is 42. The standard InChI is InChI=1S/C55H91N2O6P/c1-6-8-10-12-14-16-17-18-19-20-21-22-23-24-25-26-27-28-29-30-31-32-33-34-35-36-37-38-39-41-43-45-47-49-55(59)56-53(52-63-64(60,61)62-51-50-57(3,4)5)54(58)48-46-44-42-40-15-13-11-9-7-2/h7-10,14-16,18-19,21-22,24-25,27-28,30-31,33-34,40,46,48,53-54,58H,6,11-13,17,20,23,26,29,32,35-39,41-45,47,49-52H2,1-5H3,(H-,56,59,60,61)/p+1/b9-7+,10-8-,16-14-,19-18-,22-21-,25-24-,28-27-,31-30-,34-33-,40-15+,48-46+. The van der Waals surface area contributed by atoms with E-state index in [4.69, 9.17) is 9.05 Å². The second kappa shape index (κ2) is 44.8. The number of likely N-dealkylation sites (N-methyl/N-ethyl adjacent to an activating group) is 1. The molecule has 0 rings (SSSR count). The maximum absolute atomic E-state index is 12.9. The molecule has 0 radical (unpaired) electrons. The molecule has 64 heavy (non-hydrogen) atoms. The van der Waals surface area contributed by atoms with Crippen molar-refractivity contribution >= 4 is 13.7 Å². The zero-order valence-electron chi connectivity index (χ0n) is 41.0. The fourth-order valence-corrected chi connectivity index (χ4v) is 6.83. The molecule has 0 heterocycles. The van der Waals surface area contributed by atoms with Gasteiger partial charge in [0, 0.05) is 6.42 Å². The first kappa shape index (κ1) is 60.6. The lowest BCUT2D eigenvalue weighted by molar-refractivity contribution is -0.870. The van der Waals surface area contributed by atoms with Crippen molar-refractivity contribution in [2.45, 2.75) is 167 Å². The van der Waals surface area contributed by atoms with Crippen molar-refractivity contribution < 1.29 is 32.9 Å². The number of carbonyl (C=O) groups excluding carboxylic acids is 1. The molecule has 3 N–H and O–H groups in total. The Bertz CT molecular complexity index is 1490. The molecule has 0 bridgehead atoms. The van der Waals surface area contributed by atoms with Crippen molar-refractivity contribution in [1.82, 2.24) is 5.32 Å². The van der Waals surface area contributed by atoms with Crippen LogP contribution in [0.3, 0.4) is 0 Å². The Morgan fingerprint density at radius 3 is 1.44 bits per heavy atom. The minimum Gasteiger partial charge on any atom is -0.387 e. The van der Waals surface area contributed by atoms with Gasteiger partial charge >= 0.3 is 7.82 Å². The van der Waals surface area contributed by atoms with Gasteiger partial charge in [0.05, 0.1) is 39.9 Å². The van der Waals surface area contributed by atoms with Crippen LogP contribution in [0.25, 0.3) is 0 Å². The van der Waals surface area contributed by atoms with Gasteiger partial charge in [-0.05, 0) is 103 Å². The summed E-state index contributed by atoms with van der Waals surface area (Å²) in [6, 6.07) is -0.882. The summed E-state index contributed by atoms with van der Waals surface area (Å²) < 4.78 is 23.5. The van der Waals surface area contributed by atoms with Crippen molar-refractivity contribution in [3.8, 4) is 0 Å². The lowest BCUT2D eigenvalue weighted by atomic mass is 10.1. The predicted molar refractivity (Wildman–Crippen MR) is 276 cm³/mol. The maximum Gasteiger partial charge on any atom is 0.472 e. The number of quaternary nitrogens is 1. The second-order valence-electron chi connectivity index (χ2n) is 17.1. The van der Waals surface area contributed by atoms with Crippen LogP contribution in [0, 0.1) is 0 Å². The molecule has 0 aliphatic carbocycles. The summed E-state index contributed by atoms with van der Waals surface area (Å²) in [6.07, 6.45) is 68.6. The number of nitrogens with zero attached hydrogens (tertiary/aromatic N) is 1. The highest BCUT2D eigenvalue weighted by atomic mass is 31.2. The van der Waals surface area contributed by atoms with Crippen LogP contribution in [0.4, 0.5) is 0 Å². The first-order chi connectivity index (χ1) is 31.0. The average molecular weight is 908 g/mol. The predicted octanol–water partition coefficient (Wildman–Crippen LogP) is 14.4. The Kier molecular flexibility index (Phi) is 42.5. The quantitative estimate of drug-likeness (QED) is 0.0244. The van der Waals surface area contributed by atoms with Gasteiger partial charge in [-0.3, -0.25) is 13.8 Å². The van der Waals surface area contributed by atoms with Crippen LogP contribution < -0.4 is 5.32 Å². The van der Waals surface area contributed by atoms with E-state index < -0.39 is 20.0 Å². The van der Waals surface area contributed by atoms with E-state index in [9.17, 15) is 19.4 Å². The Morgan fingerprint density at radius 2 is 0.969 bits per heavy atom. The van der Waals surface area contributed by atoms with E-state index in [1.165, 1.54) is 25.7 Å². The summed E-state index contributed by atoms with van der Waals surface area (Å²) in [5.41, 5.74) is 0. The van der Waals surface area contributed by atoms with Gasteiger partial charge in [0.25, 0.3) is 0 Å². The van der Waals surface area contributed by atoms with Crippen molar-refractivity contribution in [3.63, 3.8) is 0 Å². The maximum atomic E-state index is 12.9.